The highest BCUT2D eigenvalue weighted by molar-refractivity contribution is 5.81. The number of piperidine rings is 1. The monoisotopic (exact) mass is 460 g/mol. The highest BCUT2D eigenvalue weighted by atomic mass is 19.4. The third kappa shape index (κ3) is 6.22. The average molecular weight is 460 g/mol. The summed E-state index contributed by atoms with van der Waals surface area (Å²) < 4.78 is 39.9. The van der Waals surface area contributed by atoms with Gasteiger partial charge < -0.3 is 14.7 Å². The van der Waals surface area contributed by atoms with Gasteiger partial charge in [0.1, 0.15) is 6.10 Å². The lowest BCUT2D eigenvalue weighted by atomic mass is 9.96. The minimum Gasteiger partial charge on any atom is -0.475 e. The standard InChI is InChI=1S/C19H30N4O2.C2HF3O2/c1-14-5-8-22(9-6-14)19(24)18-4-3-16-17(25-18)7-10-23(16)13-15-11-20-21(2)12-15;3-2(4,5)1(6)7/h11-12,14,16-18H,3-10,13H2,1-2H3;(H,6,7)/t16-,17-,18-;/m1./s1. The number of rotatable bonds is 3. The lowest BCUT2D eigenvalue weighted by molar-refractivity contribution is -0.192. The Hall–Kier alpha value is -2.14. The molecule has 3 saturated heterocycles. The Morgan fingerprint density at radius 1 is 1.16 bits per heavy atom. The van der Waals surface area contributed by atoms with E-state index in [9.17, 15) is 18.0 Å². The van der Waals surface area contributed by atoms with Gasteiger partial charge in [0.15, 0.2) is 0 Å². The van der Waals surface area contributed by atoms with Gasteiger partial charge in [-0.3, -0.25) is 14.4 Å². The number of aliphatic carboxylic acids is 1. The normalized spacial score (nSPS) is 26.9. The molecule has 1 amide bonds. The number of hydrogen-bond donors (Lipinski definition) is 1. The molecule has 0 unspecified atom stereocenters. The number of nitrogens with zero attached hydrogens (tertiary/aromatic N) is 4. The predicted octanol–water partition coefficient (Wildman–Crippen LogP) is 2.43. The first-order chi connectivity index (χ1) is 15.0. The van der Waals surface area contributed by atoms with Crippen molar-refractivity contribution < 1.29 is 32.6 Å². The molecule has 1 aromatic rings. The number of carbonyl (C=O) groups excluding carboxylic acids is 1. The van der Waals surface area contributed by atoms with Gasteiger partial charge in [-0.1, -0.05) is 6.92 Å². The van der Waals surface area contributed by atoms with Crippen LogP contribution in [0, 0.1) is 5.92 Å². The molecule has 11 heteroatoms. The molecule has 1 N–H and O–H groups in total. The second-order valence-corrected chi connectivity index (χ2v) is 8.90. The number of hydrogen-bond acceptors (Lipinski definition) is 5. The van der Waals surface area contributed by atoms with Gasteiger partial charge in [0.05, 0.1) is 12.3 Å². The number of carboxylic acid groups (broad SMARTS) is 1. The van der Waals surface area contributed by atoms with Crippen molar-refractivity contribution in [2.24, 2.45) is 13.0 Å². The molecule has 3 fully saturated rings. The first-order valence-corrected chi connectivity index (χ1v) is 11.0. The number of fused-ring (bicyclic) bond motifs is 1. The van der Waals surface area contributed by atoms with E-state index in [0.717, 1.165) is 64.2 Å². The highest BCUT2D eigenvalue weighted by Gasteiger charge is 2.42. The number of carbonyl (C=O) groups is 2. The molecule has 1 aromatic heterocycles. The molecule has 3 aliphatic heterocycles. The van der Waals surface area contributed by atoms with Gasteiger partial charge >= 0.3 is 12.1 Å². The van der Waals surface area contributed by atoms with Crippen molar-refractivity contribution >= 4 is 11.9 Å². The lowest BCUT2D eigenvalue weighted by Gasteiger charge is -2.38. The maximum absolute atomic E-state index is 12.8. The van der Waals surface area contributed by atoms with Crippen molar-refractivity contribution in [1.29, 1.82) is 0 Å². The fraction of sp³-hybridized carbons (Fsp3) is 0.762. The molecule has 32 heavy (non-hydrogen) atoms. The zero-order valence-electron chi connectivity index (χ0n) is 18.4. The maximum Gasteiger partial charge on any atom is 0.490 e. The summed E-state index contributed by atoms with van der Waals surface area (Å²) in [6.07, 6.45) is 4.15. The Morgan fingerprint density at radius 3 is 2.38 bits per heavy atom. The van der Waals surface area contributed by atoms with E-state index in [4.69, 9.17) is 14.6 Å². The fourth-order valence-corrected chi connectivity index (χ4v) is 4.61. The molecule has 0 radical (unpaired) electrons. The molecule has 0 aliphatic carbocycles. The van der Waals surface area contributed by atoms with E-state index >= 15 is 0 Å². The Morgan fingerprint density at radius 2 is 1.81 bits per heavy atom. The molecule has 4 heterocycles. The molecular weight excluding hydrogens is 429 g/mol. The summed E-state index contributed by atoms with van der Waals surface area (Å²) in [6, 6.07) is 0.450. The maximum atomic E-state index is 12.8. The van der Waals surface area contributed by atoms with Crippen LogP contribution >= 0.6 is 0 Å². The summed E-state index contributed by atoms with van der Waals surface area (Å²) in [6.45, 7) is 6.06. The van der Waals surface area contributed by atoms with Gasteiger partial charge in [0, 0.05) is 51.0 Å². The summed E-state index contributed by atoms with van der Waals surface area (Å²) in [5.74, 6) is -1.78. The topological polar surface area (TPSA) is 87.9 Å². The Balaban J connectivity index is 0.000000360. The van der Waals surface area contributed by atoms with E-state index in [1.807, 2.05) is 22.8 Å². The zero-order chi connectivity index (χ0) is 23.5. The van der Waals surface area contributed by atoms with Crippen LogP contribution in [-0.4, -0.2) is 80.6 Å². The van der Waals surface area contributed by atoms with Gasteiger partial charge in [0.25, 0.3) is 5.91 Å². The number of likely N-dealkylation sites (tertiary alicyclic amines) is 2. The van der Waals surface area contributed by atoms with Crippen LogP contribution in [-0.2, 0) is 27.9 Å². The first kappa shape index (κ1) is 24.5. The molecule has 3 aliphatic rings. The van der Waals surface area contributed by atoms with E-state index in [2.05, 4.69) is 23.1 Å². The summed E-state index contributed by atoms with van der Waals surface area (Å²) in [7, 11) is 1.96. The molecule has 4 rings (SSSR count). The Bertz CT molecular complexity index is 792. The second kappa shape index (κ2) is 10.2. The van der Waals surface area contributed by atoms with Gasteiger partial charge in [-0.05, 0) is 38.0 Å². The predicted molar refractivity (Wildman–Crippen MR) is 109 cm³/mol. The van der Waals surface area contributed by atoms with Crippen molar-refractivity contribution in [3.63, 3.8) is 0 Å². The molecule has 0 aromatic carbocycles. The van der Waals surface area contributed by atoms with Gasteiger partial charge in [0.2, 0.25) is 0 Å². The quantitative estimate of drug-likeness (QED) is 0.746. The average Bonchev–Trinajstić information content (AvgIpc) is 3.33. The Kier molecular flexibility index (Phi) is 7.81. The molecule has 0 bridgehead atoms. The van der Waals surface area contributed by atoms with Crippen LogP contribution in [0.4, 0.5) is 13.2 Å². The molecule has 0 saturated carbocycles. The molecule has 180 valence electrons. The number of halogens is 3. The highest BCUT2D eigenvalue weighted by Crippen LogP contribution is 2.33. The van der Waals surface area contributed by atoms with E-state index in [-0.39, 0.29) is 18.1 Å². The van der Waals surface area contributed by atoms with Crippen LogP contribution in [0.15, 0.2) is 12.4 Å². The number of carboxylic acids is 1. The van der Waals surface area contributed by atoms with Crippen LogP contribution in [0.5, 0.6) is 0 Å². The SMILES string of the molecule is CC1CCN(C(=O)[C@H]2CC[C@@H]3[C@@H](CCN3Cc3cnn(C)c3)O2)CC1.O=C(O)C(F)(F)F. The minimum atomic E-state index is -5.08. The Labute approximate surface area is 185 Å². The number of aryl methyl sites for hydroxylation is 1. The van der Waals surface area contributed by atoms with Crippen LogP contribution in [0.25, 0.3) is 0 Å². The molecule has 3 atom stereocenters. The van der Waals surface area contributed by atoms with Crippen molar-refractivity contribution in [2.45, 2.75) is 70.0 Å². The number of ether oxygens (including phenoxy) is 1. The summed E-state index contributed by atoms with van der Waals surface area (Å²) in [5, 5.41) is 11.4. The van der Waals surface area contributed by atoms with Crippen LogP contribution in [0.3, 0.4) is 0 Å². The number of amides is 1. The van der Waals surface area contributed by atoms with Gasteiger partial charge in [-0.25, -0.2) is 4.79 Å². The number of alkyl halides is 3. The summed E-state index contributed by atoms with van der Waals surface area (Å²) in [5.41, 5.74) is 1.25. The third-order valence-corrected chi connectivity index (χ3v) is 6.42. The van der Waals surface area contributed by atoms with E-state index in [0.29, 0.717) is 6.04 Å². The minimum absolute atomic E-state index is 0.211. The lowest BCUT2D eigenvalue weighted by Crippen LogP contribution is -2.50. The second-order valence-electron chi connectivity index (χ2n) is 8.90. The van der Waals surface area contributed by atoms with Crippen molar-refractivity contribution in [1.82, 2.24) is 19.6 Å². The van der Waals surface area contributed by atoms with E-state index in [1.165, 1.54) is 5.56 Å². The van der Waals surface area contributed by atoms with E-state index in [1.54, 1.807) is 0 Å². The first-order valence-electron chi connectivity index (χ1n) is 11.0. The van der Waals surface area contributed by atoms with Crippen LogP contribution in [0.2, 0.25) is 0 Å². The molecule has 0 spiro atoms. The zero-order valence-corrected chi connectivity index (χ0v) is 18.4. The van der Waals surface area contributed by atoms with E-state index < -0.39 is 12.1 Å². The van der Waals surface area contributed by atoms with Crippen molar-refractivity contribution in [3.8, 4) is 0 Å². The largest absolute Gasteiger partial charge is 0.490 e. The van der Waals surface area contributed by atoms with Crippen LogP contribution < -0.4 is 0 Å². The summed E-state index contributed by atoms with van der Waals surface area (Å²) in [4.78, 5) is 26.2. The van der Waals surface area contributed by atoms with Crippen molar-refractivity contribution in [3.05, 3.63) is 18.0 Å². The third-order valence-electron chi connectivity index (χ3n) is 6.42. The van der Waals surface area contributed by atoms with Gasteiger partial charge in [-0.2, -0.15) is 18.3 Å². The fourth-order valence-electron chi connectivity index (χ4n) is 4.61. The van der Waals surface area contributed by atoms with Crippen molar-refractivity contribution in [2.75, 3.05) is 19.6 Å². The smallest absolute Gasteiger partial charge is 0.475 e. The molecular formula is C21H31F3N4O4. The number of aromatic nitrogens is 2. The summed E-state index contributed by atoms with van der Waals surface area (Å²) >= 11 is 0. The van der Waals surface area contributed by atoms with Crippen LogP contribution in [0.1, 0.15) is 44.6 Å². The van der Waals surface area contributed by atoms with Gasteiger partial charge in [-0.15, -0.1) is 0 Å². The molecule has 8 nitrogen and oxygen atoms in total.